The molecule has 8 heteroatoms. The Morgan fingerprint density at radius 1 is 1.13 bits per heavy atom. The Morgan fingerprint density at radius 2 is 1.90 bits per heavy atom. The Balaban J connectivity index is 1.77. The van der Waals surface area contributed by atoms with E-state index in [-0.39, 0.29) is 22.6 Å². The summed E-state index contributed by atoms with van der Waals surface area (Å²) < 4.78 is 7.23. The van der Waals surface area contributed by atoms with Crippen molar-refractivity contribution in [2.24, 2.45) is 0 Å². The van der Waals surface area contributed by atoms with Gasteiger partial charge in [0.25, 0.3) is 11.1 Å². The minimum absolute atomic E-state index is 0.200. The molecule has 0 aliphatic rings. The molecular weight excluding hydrogens is 422 g/mol. The van der Waals surface area contributed by atoms with Crippen molar-refractivity contribution in [1.29, 1.82) is 0 Å². The monoisotopic (exact) mass is 437 g/mol. The molecule has 0 aliphatic carbocycles. The normalized spacial score (nSPS) is 11.7. The number of ether oxygens (including phenoxy) is 1. The number of fused-ring (bicyclic) bond motifs is 1. The lowest BCUT2D eigenvalue weighted by Gasteiger charge is -2.05. The molecule has 0 spiro atoms. The van der Waals surface area contributed by atoms with E-state index < -0.39 is 5.56 Å². The predicted octanol–water partition coefficient (Wildman–Crippen LogP) is 2.87. The average molecular weight is 438 g/mol. The predicted molar refractivity (Wildman–Crippen MR) is 119 cm³/mol. The highest BCUT2D eigenvalue weighted by Gasteiger charge is 2.12. The lowest BCUT2D eigenvalue weighted by Crippen LogP contribution is -2.28. The van der Waals surface area contributed by atoms with Crippen LogP contribution in [0.1, 0.15) is 16.8 Å². The fourth-order valence-electron chi connectivity index (χ4n) is 2.87. The van der Waals surface area contributed by atoms with Gasteiger partial charge >= 0.3 is 0 Å². The maximum absolute atomic E-state index is 12.9. The van der Waals surface area contributed by atoms with E-state index in [0.717, 1.165) is 22.5 Å². The van der Waals surface area contributed by atoms with Crippen molar-refractivity contribution in [3.63, 3.8) is 0 Å². The topological polar surface area (TPSA) is 73.6 Å². The van der Waals surface area contributed by atoms with Gasteiger partial charge in [0.15, 0.2) is 0 Å². The first kappa shape index (κ1) is 20.0. The van der Waals surface area contributed by atoms with Crippen molar-refractivity contribution >= 4 is 34.0 Å². The van der Waals surface area contributed by atoms with Gasteiger partial charge in [0, 0.05) is 17.0 Å². The number of para-hydroxylation sites is 1. The fraction of sp³-hybridized carbons (Fsp3) is 0.0909. The molecule has 6 nitrogen and oxygen atoms in total. The Kier molecular flexibility index (Phi) is 5.74. The largest absolute Gasteiger partial charge is 0.489 e. The van der Waals surface area contributed by atoms with E-state index in [9.17, 15) is 9.59 Å². The van der Waals surface area contributed by atoms with Crippen molar-refractivity contribution in [3.05, 3.63) is 108 Å². The fourth-order valence-corrected chi connectivity index (χ4v) is 3.89. The molecule has 0 saturated carbocycles. The lowest BCUT2D eigenvalue weighted by molar-refractivity contribution is 0.362. The summed E-state index contributed by atoms with van der Waals surface area (Å²) in [4.78, 5) is 29.6. The summed E-state index contributed by atoms with van der Waals surface area (Å²) in [6.07, 6.45) is 3.63. The molecule has 2 heterocycles. The highest BCUT2D eigenvalue weighted by atomic mass is 35.5. The second kappa shape index (κ2) is 8.61. The van der Waals surface area contributed by atoms with Crippen molar-refractivity contribution in [2.75, 3.05) is 6.61 Å². The number of hydrogen-bond acceptors (Lipinski definition) is 6. The average Bonchev–Trinajstić information content (AvgIpc) is 3.04. The van der Waals surface area contributed by atoms with Crippen LogP contribution in [0.4, 0.5) is 0 Å². The summed E-state index contributed by atoms with van der Waals surface area (Å²) in [6, 6.07) is 14.5. The van der Waals surface area contributed by atoms with Gasteiger partial charge in [-0.3, -0.25) is 9.59 Å². The molecule has 0 bridgehead atoms. The molecule has 30 heavy (non-hydrogen) atoms. The first-order chi connectivity index (χ1) is 14.5. The standard InChI is InChI=1S/C22H16ClN3O3S/c1-2-11-29-18-6-4-3-5-15(18)13-19-21(28)26-22(30-19)24-20(27)17(25-26)12-14-7-9-16(23)10-8-14/h2-10,13H,1,11-12H2. The van der Waals surface area contributed by atoms with Gasteiger partial charge in [0.1, 0.15) is 18.1 Å². The molecule has 0 amide bonds. The number of rotatable bonds is 6. The van der Waals surface area contributed by atoms with E-state index in [1.807, 2.05) is 36.4 Å². The maximum atomic E-state index is 12.9. The summed E-state index contributed by atoms with van der Waals surface area (Å²) >= 11 is 7.01. The SMILES string of the molecule is C=CCOc1ccccc1C=c1sc2nc(=O)c(Cc3ccc(Cl)cc3)nn2c1=O. The third kappa shape index (κ3) is 4.17. The van der Waals surface area contributed by atoms with E-state index in [4.69, 9.17) is 16.3 Å². The van der Waals surface area contributed by atoms with Crippen LogP contribution in [0.3, 0.4) is 0 Å². The Bertz CT molecular complexity index is 1390. The van der Waals surface area contributed by atoms with Crippen molar-refractivity contribution < 1.29 is 4.74 Å². The van der Waals surface area contributed by atoms with Crippen molar-refractivity contribution in [3.8, 4) is 5.75 Å². The number of hydrogen-bond donors (Lipinski definition) is 0. The minimum atomic E-state index is -0.451. The second-order valence-electron chi connectivity index (χ2n) is 6.41. The molecule has 2 aromatic heterocycles. The van der Waals surface area contributed by atoms with E-state index in [1.54, 1.807) is 24.3 Å². The van der Waals surface area contributed by atoms with Crippen LogP contribution < -0.4 is 20.4 Å². The molecule has 0 saturated heterocycles. The summed E-state index contributed by atoms with van der Waals surface area (Å²) in [5.41, 5.74) is 1.01. The first-order valence-electron chi connectivity index (χ1n) is 9.07. The van der Waals surface area contributed by atoms with Gasteiger partial charge in [0.05, 0.1) is 4.53 Å². The van der Waals surface area contributed by atoms with E-state index in [2.05, 4.69) is 16.7 Å². The smallest absolute Gasteiger partial charge is 0.296 e. The Morgan fingerprint density at radius 3 is 2.67 bits per heavy atom. The third-order valence-corrected chi connectivity index (χ3v) is 5.51. The van der Waals surface area contributed by atoms with Gasteiger partial charge in [-0.25, -0.2) is 0 Å². The quantitative estimate of drug-likeness (QED) is 0.434. The lowest BCUT2D eigenvalue weighted by atomic mass is 10.1. The van der Waals surface area contributed by atoms with Crippen molar-refractivity contribution in [1.82, 2.24) is 14.6 Å². The number of nitrogens with zero attached hydrogens (tertiary/aromatic N) is 3. The summed E-state index contributed by atoms with van der Waals surface area (Å²) in [5, 5.41) is 4.87. The molecule has 0 aliphatic heterocycles. The second-order valence-corrected chi connectivity index (χ2v) is 7.86. The number of thiazole rings is 1. The zero-order valence-corrected chi connectivity index (χ0v) is 17.3. The molecule has 4 rings (SSSR count). The summed E-state index contributed by atoms with van der Waals surface area (Å²) in [7, 11) is 0. The molecule has 2 aromatic carbocycles. The molecule has 4 aromatic rings. The van der Waals surface area contributed by atoms with Crippen LogP contribution in [0.15, 0.2) is 70.8 Å². The molecular formula is C22H16ClN3O3S. The third-order valence-electron chi connectivity index (χ3n) is 4.30. The highest BCUT2D eigenvalue weighted by Crippen LogP contribution is 2.18. The zero-order valence-electron chi connectivity index (χ0n) is 15.7. The Hall–Kier alpha value is -3.29. The van der Waals surface area contributed by atoms with E-state index in [1.165, 1.54) is 4.52 Å². The van der Waals surface area contributed by atoms with E-state index >= 15 is 0 Å². The number of benzene rings is 2. The summed E-state index contributed by atoms with van der Waals surface area (Å²) in [5.74, 6) is 0.633. The molecule has 0 radical (unpaired) electrons. The van der Waals surface area contributed by atoms with E-state index in [0.29, 0.717) is 21.9 Å². The molecule has 0 N–H and O–H groups in total. The van der Waals surface area contributed by atoms with Gasteiger partial charge < -0.3 is 4.74 Å². The van der Waals surface area contributed by atoms with Crippen LogP contribution in [-0.4, -0.2) is 21.2 Å². The van der Waals surface area contributed by atoms with Gasteiger partial charge in [-0.05, 0) is 29.8 Å². The Labute approximate surface area is 180 Å². The minimum Gasteiger partial charge on any atom is -0.489 e. The zero-order chi connectivity index (χ0) is 21.1. The molecule has 0 fully saturated rings. The maximum Gasteiger partial charge on any atom is 0.296 e. The van der Waals surface area contributed by atoms with Crippen LogP contribution in [0, 0.1) is 0 Å². The summed E-state index contributed by atoms with van der Waals surface area (Å²) in [6.45, 7) is 4.00. The highest BCUT2D eigenvalue weighted by molar-refractivity contribution is 7.15. The van der Waals surface area contributed by atoms with Gasteiger partial charge in [0.2, 0.25) is 4.96 Å². The van der Waals surface area contributed by atoms with Gasteiger partial charge in [-0.15, -0.1) is 0 Å². The first-order valence-corrected chi connectivity index (χ1v) is 10.3. The van der Waals surface area contributed by atoms with Crippen LogP contribution in [0.5, 0.6) is 5.75 Å². The van der Waals surface area contributed by atoms with Gasteiger partial charge in [-0.1, -0.05) is 65.9 Å². The van der Waals surface area contributed by atoms with Gasteiger partial charge in [-0.2, -0.15) is 14.6 Å². The van der Waals surface area contributed by atoms with Crippen LogP contribution in [0.2, 0.25) is 5.02 Å². The van der Waals surface area contributed by atoms with Crippen LogP contribution in [-0.2, 0) is 6.42 Å². The molecule has 0 unspecified atom stereocenters. The number of aromatic nitrogens is 3. The number of halogens is 1. The molecule has 0 atom stereocenters. The van der Waals surface area contributed by atoms with Crippen LogP contribution in [0.25, 0.3) is 11.0 Å². The van der Waals surface area contributed by atoms with Crippen molar-refractivity contribution in [2.45, 2.75) is 6.42 Å². The molecule has 150 valence electrons. The van der Waals surface area contributed by atoms with Crippen LogP contribution >= 0.6 is 22.9 Å².